The standard InChI is InChI=1S/C15H16Cl2N4O/c1-9(14-10(16)4-2-5-11(14)17)15(22)18-8-13-20-19-12-6-3-7-21(12)13/h2,4-5,9H,3,6-8H2,1H3,(H,18,22)/t9-/m0/s1. The molecule has 0 fully saturated rings. The molecular weight excluding hydrogens is 323 g/mol. The van der Waals surface area contributed by atoms with Gasteiger partial charge in [0.2, 0.25) is 5.91 Å². The highest BCUT2D eigenvalue weighted by Gasteiger charge is 2.22. The molecule has 0 bridgehead atoms. The van der Waals surface area contributed by atoms with E-state index >= 15 is 0 Å². The first-order valence-electron chi connectivity index (χ1n) is 7.20. The number of benzene rings is 1. The second-order valence-corrected chi connectivity index (χ2v) is 6.18. The first kappa shape index (κ1) is 15.3. The van der Waals surface area contributed by atoms with Crippen molar-refractivity contribution in [3.63, 3.8) is 0 Å². The zero-order valence-electron chi connectivity index (χ0n) is 12.1. The summed E-state index contributed by atoms with van der Waals surface area (Å²) in [5, 5.41) is 12.1. The Morgan fingerprint density at radius 2 is 2.09 bits per heavy atom. The Bertz CT molecular complexity index is 693. The summed E-state index contributed by atoms with van der Waals surface area (Å²) in [4.78, 5) is 12.4. The minimum atomic E-state index is -0.429. The van der Waals surface area contributed by atoms with Gasteiger partial charge in [-0.3, -0.25) is 4.79 Å². The quantitative estimate of drug-likeness (QED) is 0.932. The number of hydrogen-bond donors (Lipinski definition) is 1. The molecule has 0 spiro atoms. The maximum Gasteiger partial charge on any atom is 0.227 e. The van der Waals surface area contributed by atoms with Crippen LogP contribution in [0.3, 0.4) is 0 Å². The van der Waals surface area contributed by atoms with E-state index in [2.05, 4.69) is 20.1 Å². The van der Waals surface area contributed by atoms with Gasteiger partial charge < -0.3 is 9.88 Å². The average Bonchev–Trinajstić information content (AvgIpc) is 3.08. The third kappa shape index (κ3) is 2.83. The average molecular weight is 339 g/mol. The number of fused-ring (bicyclic) bond motifs is 1. The number of aryl methyl sites for hydroxylation is 1. The highest BCUT2D eigenvalue weighted by molar-refractivity contribution is 6.36. The first-order valence-corrected chi connectivity index (χ1v) is 7.96. The molecule has 0 radical (unpaired) electrons. The summed E-state index contributed by atoms with van der Waals surface area (Å²) < 4.78 is 2.06. The zero-order chi connectivity index (χ0) is 15.7. The van der Waals surface area contributed by atoms with Crippen LogP contribution in [-0.4, -0.2) is 20.7 Å². The second-order valence-electron chi connectivity index (χ2n) is 5.36. The van der Waals surface area contributed by atoms with Gasteiger partial charge in [-0.1, -0.05) is 29.3 Å². The predicted molar refractivity (Wildman–Crippen MR) is 85.1 cm³/mol. The number of carbonyl (C=O) groups is 1. The molecule has 1 atom stereocenters. The van der Waals surface area contributed by atoms with Crippen LogP contribution in [0.1, 0.15) is 36.5 Å². The normalized spacial score (nSPS) is 14.7. The van der Waals surface area contributed by atoms with E-state index < -0.39 is 5.92 Å². The van der Waals surface area contributed by atoms with Gasteiger partial charge >= 0.3 is 0 Å². The molecule has 1 N–H and O–H groups in total. The Kier molecular flexibility index (Phi) is 4.36. The molecule has 1 aliphatic rings. The van der Waals surface area contributed by atoms with E-state index in [0.717, 1.165) is 31.0 Å². The number of aromatic nitrogens is 3. The Morgan fingerprint density at radius 3 is 2.82 bits per heavy atom. The highest BCUT2D eigenvalue weighted by Crippen LogP contribution is 2.31. The minimum Gasteiger partial charge on any atom is -0.348 e. The summed E-state index contributed by atoms with van der Waals surface area (Å²) in [6.45, 7) is 3.06. The van der Waals surface area contributed by atoms with Gasteiger partial charge in [-0.15, -0.1) is 10.2 Å². The molecular formula is C15H16Cl2N4O. The molecule has 116 valence electrons. The second kappa shape index (κ2) is 6.26. The summed E-state index contributed by atoms with van der Waals surface area (Å²) >= 11 is 12.3. The Morgan fingerprint density at radius 1 is 1.36 bits per heavy atom. The van der Waals surface area contributed by atoms with Crippen molar-refractivity contribution in [2.45, 2.75) is 38.8 Å². The maximum absolute atomic E-state index is 12.4. The van der Waals surface area contributed by atoms with Crippen LogP contribution in [0.25, 0.3) is 0 Å². The van der Waals surface area contributed by atoms with E-state index in [4.69, 9.17) is 23.2 Å². The fraction of sp³-hybridized carbons (Fsp3) is 0.400. The molecule has 0 unspecified atom stereocenters. The van der Waals surface area contributed by atoms with Crippen LogP contribution >= 0.6 is 23.2 Å². The summed E-state index contributed by atoms with van der Waals surface area (Å²) in [6.07, 6.45) is 2.03. The van der Waals surface area contributed by atoms with Crippen molar-refractivity contribution in [2.24, 2.45) is 0 Å². The predicted octanol–water partition coefficient (Wildman–Crippen LogP) is 2.95. The van der Waals surface area contributed by atoms with Crippen LogP contribution in [0, 0.1) is 0 Å². The maximum atomic E-state index is 12.4. The zero-order valence-corrected chi connectivity index (χ0v) is 13.7. The van der Waals surface area contributed by atoms with Crippen molar-refractivity contribution in [3.8, 4) is 0 Å². The number of hydrogen-bond acceptors (Lipinski definition) is 3. The fourth-order valence-electron chi connectivity index (χ4n) is 2.72. The van der Waals surface area contributed by atoms with E-state index in [1.807, 2.05) is 0 Å². The first-order chi connectivity index (χ1) is 10.6. The molecule has 1 aliphatic heterocycles. The van der Waals surface area contributed by atoms with Gasteiger partial charge in [-0.25, -0.2) is 0 Å². The van der Waals surface area contributed by atoms with E-state index in [-0.39, 0.29) is 5.91 Å². The van der Waals surface area contributed by atoms with Crippen molar-refractivity contribution >= 4 is 29.1 Å². The van der Waals surface area contributed by atoms with Crippen molar-refractivity contribution in [2.75, 3.05) is 0 Å². The summed E-state index contributed by atoms with van der Waals surface area (Å²) in [6, 6.07) is 5.23. The highest BCUT2D eigenvalue weighted by atomic mass is 35.5. The number of carbonyl (C=O) groups excluding carboxylic acids is 1. The SMILES string of the molecule is C[C@H](C(=O)NCc1nnc2n1CCC2)c1c(Cl)cccc1Cl. The van der Waals surface area contributed by atoms with Crippen LogP contribution < -0.4 is 5.32 Å². The van der Waals surface area contributed by atoms with Crippen molar-refractivity contribution in [1.29, 1.82) is 0 Å². The van der Waals surface area contributed by atoms with Gasteiger partial charge in [-0.05, 0) is 25.5 Å². The molecule has 2 aromatic rings. The number of nitrogens with zero attached hydrogens (tertiary/aromatic N) is 3. The monoisotopic (exact) mass is 338 g/mol. The van der Waals surface area contributed by atoms with Gasteiger partial charge in [-0.2, -0.15) is 0 Å². The molecule has 0 saturated carbocycles. The smallest absolute Gasteiger partial charge is 0.227 e. The Labute approximate surface area is 138 Å². The number of amides is 1. The molecule has 22 heavy (non-hydrogen) atoms. The fourth-order valence-corrected chi connectivity index (χ4v) is 3.44. The lowest BCUT2D eigenvalue weighted by Gasteiger charge is -2.15. The van der Waals surface area contributed by atoms with Crippen LogP contribution in [0.15, 0.2) is 18.2 Å². The number of halogens is 2. The molecule has 5 nitrogen and oxygen atoms in total. The van der Waals surface area contributed by atoms with Crippen LogP contribution in [0.2, 0.25) is 10.0 Å². The van der Waals surface area contributed by atoms with E-state index in [0.29, 0.717) is 22.2 Å². The summed E-state index contributed by atoms with van der Waals surface area (Å²) in [5.74, 6) is 1.22. The Hall–Kier alpha value is -1.59. The van der Waals surface area contributed by atoms with Crippen LogP contribution in [0.5, 0.6) is 0 Å². The van der Waals surface area contributed by atoms with Gasteiger partial charge in [0, 0.05) is 28.6 Å². The number of nitrogens with one attached hydrogen (secondary N) is 1. The van der Waals surface area contributed by atoms with Gasteiger partial charge in [0.05, 0.1) is 12.5 Å². The molecule has 1 aromatic heterocycles. The third-order valence-electron chi connectivity index (χ3n) is 3.93. The molecule has 0 saturated heterocycles. The van der Waals surface area contributed by atoms with Gasteiger partial charge in [0.15, 0.2) is 5.82 Å². The van der Waals surface area contributed by atoms with Gasteiger partial charge in [0.1, 0.15) is 5.82 Å². The third-order valence-corrected chi connectivity index (χ3v) is 4.59. The van der Waals surface area contributed by atoms with E-state index in [1.54, 1.807) is 25.1 Å². The molecule has 7 heteroatoms. The summed E-state index contributed by atoms with van der Waals surface area (Å²) in [7, 11) is 0. The number of rotatable bonds is 4. The van der Waals surface area contributed by atoms with Crippen LogP contribution in [0.4, 0.5) is 0 Å². The molecule has 2 heterocycles. The summed E-state index contributed by atoms with van der Waals surface area (Å²) in [5.41, 5.74) is 0.648. The lowest BCUT2D eigenvalue weighted by Crippen LogP contribution is -2.29. The molecule has 0 aliphatic carbocycles. The topological polar surface area (TPSA) is 59.8 Å². The van der Waals surface area contributed by atoms with Gasteiger partial charge in [0.25, 0.3) is 0 Å². The lowest BCUT2D eigenvalue weighted by atomic mass is 10.00. The van der Waals surface area contributed by atoms with Crippen molar-refractivity contribution in [1.82, 2.24) is 20.1 Å². The minimum absolute atomic E-state index is 0.134. The van der Waals surface area contributed by atoms with E-state index in [9.17, 15) is 4.79 Å². The van der Waals surface area contributed by atoms with Crippen molar-refractivity contribution in [3.05, 3.63) is 45.5 Å². The Balaban J connectivity index is 1.69. The molecule has 3 rings (SSSR count). The molecule has 1 amide bonds. The van der Waals surface area contributed by atoms with Crippen LogP contribution in [-0.2, 0) is 24.3 Å². The lowest BCUT2D eigenvalue weighted by molar-refractivity contribution is -0.122. The van der Waals surface area contributed by atoms with E-state index in [1.165, 1.54) is 0 Å². The van der Waals surface area contributed by atoms with Crippen molar-refractivity contribution < 1.29 is 4.79 Å². The largest absolute Gasteiger partial charge is 0.348 e. The molecule has 1 aromatic carbocycles.